The van der Waals surface area contributed by atoms with E-state index in [0.717, 1.165) is 36.5 Å². The van der Waals surface area contributed by atoms with Gasteiger partial charge >= 0.3 is 0 Å². The van der Waals surface area contributed by atoms with Gasteiger partial charge in [0.25, 0.3) is 0 Å². The van der Waals surface area contributed by atoms with E-state index in [1.165, 1.54) is 0 Å². The third kappa shape index (κ3) is 4.58. The van der Waals surface area contributed by atoms with Crippen LogP contribution in [-0.2, 0) is 4.79 Å². The number of carbonyl (C=O) groups excluding carboxylic acids is 1. The maximum absolute atomic E-state index is 12.4. The number of benzene rings is 1. The second kappa shape index (κ2) is 8.31. The number of hydrazine groups is 1. The Hall–Kier alpha value is -0.850. The van der Waals surface area contributed by atoms with E-state index >= 15 is 0 Å². The highest BCUT2D eigenvalue weighted by atomic mass is 35.5. The Balaban J connectivity index is 0.00000192. The molecule has 1 aromatic rings. The van der Waals surface area contributed by atoms with Gasteiger partial charge in [-0.05, 0) is 49.5 Å². The largest absolute Gasteiger partial charge is 0.352 e. The van der Waals surface area contributed by atoms with Crippen molar-refractivity contribution in [1.82, 2.24) is 21.5 Å². The lowest BCUT2D eigenvalue weighted by Gasteiger charge is -2.31. The SMILES string of the molecule is CC1CNCCC1NC(=O)C1CC(c2ccc(Cl)cc2)NN1.Cl. The molecule has 5 nitrogen and oxygen atoms in total. The van der Waals surface area contributed by atoms with Crippen LogP contribution in [0.15, 0.2) is 24.3 Å². The fourth-order valence-corrected chi connectivity index (χ4v) is 3.28. The molecule has 0 aromatic heterocycles. The van der Waals surface area contributed by atoms with Crippen LogP contribution in [0.2, 0.25) is 5.02 Å². The lowest BCUT2D eigenvalue weighted by molar-refractivity contribution is -0.124. The van der Waals surface area contributed by atoms with Gasteiger partial charge in [-0.1, -0.05) is 30.7 Å². The van der Waals surface area contributed by atoms with Crippen molar-refractivity contribution >= 4 is 29.9 Å². The summed E-state index contributed by atoms with van der Waals surface area (Å²) in [5, 5.41) is 7.27. The highest BCUT2D eigenvalue weighted by Crippen LogP contribution is 2.24. The third-order valence-corrected chi connectivity index (χ3v) is 4.86. The molecule has 0 radical (unpaired) electrons. The van der Waals surface area contributed by atoms with Crippen LogP contribution in [0.25, 0.3) is 0 Å². The van der Waals surface area contributed by atoms with Crippen molar-refractivity contribution in [3.63, 3.8) is 0 Å². The van der Waals surface area contributed by atoms with E-state index in [2.05, 4.69) is 28.4 Å². The minimum Gasteiger partial charge on any atom is -0.352 e. The summed E-state index contributed by atoms with van der Waals surface area (Å²) >= 11 is 5.91. The van der Waals surface area contributed by atoms with E-state index in [9.17, 15) is 4.79 Å². The zero-order chi connectivity index (χ0) is 15.5. The van der Waals surface area contributed by atoms with Gasteiger partial charge in [-0.2, -0.15) is 0 Å². The molecule has 0 saturated carbocycles. The number of amides is 1. The Bertz CT molecular complexity index is 525. The van der Waals surface area contributed by atoms with E-state index in [0.29, 0.717) is 5.92 Å². The van der Waals surface area contributed by atoms with E-state index in [1.807, 2.05) is 24.3 Å². The van der Waals surface area contributed by atoms with E-state index in [-0.39, 0.29) is 36.4 Å². The number of carbonyl (C=O) groups is 1. The van der Waals surface area contributed by atoms with Gasteiger partial charge in [0.2, 0.25) is 5.91 Å². The summed E-state index contributed by atoms with van der Waals surface area (Å²) in [4.78, 5) is 12.4. The van der Waals surface area contributed by atoms with E-state index in [4.69, 9.17) is 11.6 Å². The Morgan fingerprint density at radius 3 is 2.70 bits per heavy atom. The summed E-state index contributed by atoms with van der Waals surface area (Å²) in [5.41, 5.74) is 7.46. The van der Waals surface area contributed by atoms with Gasteiger partial charge in [-0.3, -0.25) is 4.79 Å². The van der Waals surface area contributed by atoms with E-state index < -0.39 is 0 Å². The molecule has 23 heavy (non-hydrogen) atoms. The monoisotopic (exact) mass is 358 g/mol. The second-order valence-electron chi connectivity index (χ2n) is 6.27. The third-order valence-electron chi connectivity index (χ3n) is 4.61. The second-order valence-corrected chi connectivity index (χ2v) is 6.70. The van der Waals surface area contributed by atoms with Crippen LogP contribution in [-0.4, -0.2) is 31.1 Å². The summed E-state index contributed by atoms with van der Waals surface area (Å²) in [6.07, 6.45) is 1.74. The van der Waals surface area contributed by atoms with Crippen LogP contribution in [0.3, 0.4) is 0 Å². The molecule has 2 heterocycles. The molecule has 0 spiro atoms. The molecule has 4 N–H and O–H groups in total. The molecule has 7 heteroatoms. The highest BCUT2D eigenvalue weighted by molar-refractivity contribution is 6.30. The zero-order valence-corrected chi connectivity index (χ0v) is 14.7. The summed E-state index contributed by atoms with van der Waals surface area (Å²) in [7, 11) is 0. The van der Waals surface area contributed by atoms with Crippen molar-refractivity contribution in [1.29, 1.82) is 0 Å². The molecule has 4 atom stereocenters. The van der Waals surface area contributed by atoms with Crippen LogP contribution in [0.5, 0.6) is 0 Å². The van der Waals surface area contributed by atoms with Crippen LogP contribution in [0.4, 0.5) is 0 Å². The molecule has 1 amide bonds. The smallest absolute Gasteiger partial charge is 0.238 e. The first-order valence-electron chi connectivity index (χ1n) is 7.91. The number of nitrogens with one attached hydrogen (secondary N) is 4. The Kier molecular flexibility index (Phi) is 6.68. The molecular weight excluding hydrogens is 335 g/mol. The molecule has 0 bridgehead atoms. The maximum atomic E-state index is 12.4. The zero-order valence-electron chi connectivity index (χ0n) is 13.1. The first-order chi connectivity index (χ1) is 10.6. The van der Waals surface area contributed by atoms with Crippen LogP contribution >= 0.6 is 24.0 Å². The molecule has 128 valence electrons. The molecule has 2 fully saturated rings. The van der Waals surface area contributed by atoms with Crippen molar-refractivity contribution in [2.75, 3.05) is 13.1 Å². The fraction of sp³-hybridized carbons (Fsp3) is 0.562. The van der Waals surface area contributed by atoms with Crippen LogP contribution < -0.4 is 21.5 Å². The number of hydrogen-bond donors (Lipinski definition) is 4. The standard InChI is InChI=1S/C16H23ClN4O.ClH/c1-10-9-18-7-6-13(10)19-16(22)15-8-14(20-21-15)11-2-4-12(17)5-3-11;/h2-5,10,13-15,18,20-21H,6-9H2,1H3,(H,19,22);1H. The maximum Gasteiger partial charge on any atom is 0.238 e. The highest BCUT2D eigenvalue weighted by Gasteiger charge is 2.32. The van der Waals surface area contributed by atoms with Crippen molar-refractivity contribution in [2.24, 2.45) is 5.92 Å². The number of piperidine rings is 1. The Labute approximate surface area is 148 Å². The van der Waals surface area contributed by atoms with Crippen LogP contribution in [0, 0.1) is 5.92 Å². The van der Waals surface area contributed by atoms with Crippen LogP contribution in [0.1, 0.15) is 31.4 Å². The lowest BCUT2D eigenvalue weighted by atomic mass is 9.94. The number of rotatable bonds is 3. The summed E-state index contributed by atoms with van der Waals surface area (Å²) in [6, 6.07) is 7.96. The Morgan fingerprint density at radius 1 is 1.26 bits per heavy atom. The summed E-state index contributed by atoms with van der Waals surface area (Å²) in [5.74, 6) is 0.557. The number of halogens is 2. The van der Waals surface area contributed by atoms with Gasteiger partial charge in [-0.15, -0.1) is 12.4 Å². The van der Waals surface area contributed by atoms with Crippen molar-refractivity contribution < 1.29 is 4.79 Å². The predicted molar refractivity (Wildman–Crippen MR) is 94.7 cm³/mol. The number of hydrogen-bond acceptors (Lipinski definition) is 4. The van der Waals surface area contributed by atoms with Crippen molar-refractivity contribution in [3.8, 4) is 0 Å². The van der Waals surface area contributed by atoms with Gasteiger partial charge in [0.05, 0.1) is 0 Å². The minimum atomic E-state index is -0.192. The Morgan fingerprint density at radius 2 is 2.00 bits per heavy atom. The predicted octanol–water partition coefficient (Wildman–Crippen LogP) is 1.78. The molecule has 1 aromatic carbocycles. The first kappa shape index (κ1) is 18.5. The summed E-state index contributed by atoms with van der Waals surface area (Å²) < 4.78 is 0. The molecule has 2 saturated heterocycles. The van der Waals surface area contributed by atoms with Gasteiger partial charge in [0, 0.05) is 17.1 Å². The van der Waals surface area contributed by atoms with Gasteiger partial charge in [0.15, 0.2) is 0 Å². The molecule has 3 rings (SSSR count). The van der Waals surface area contributed by atoms with Crippen molar-refractivity contribution in [2.45, 2.75) is 37.9 Å². The molecular formula is C16H24Cl2N4O. The minimum absolute atomic E-state index is 0. The molecule has 2 aliphatic heterocycles. The van der Waals surface area contributed by atoms with Crippen molar-refractivity contribution in [3.05, 3.63) is 34.9 Å². The van der Waals surface area contributed by atoms with Gasteiger partial charge in [-0.25, -0.2) is 10.9 Å². The quantitative estimate of drug-likeness (QED) is 0.665. The average molecular weight is 359 g/mol. The molecule has 0 aliphatic carbocycles. The molecule has 4 unspecified atom stereocenters. The first-order valence-corrected chi connectivity index (χ1v) is 8.29. The fourth-order valence-electron chi connectivity index (χ4n) is 3.15. The van der Waals surface area contributed by atoms with E-state index in [1.54, 1.807) is 0 Å². The topological polar surface area (TPSA) is 65.2 Å². The average Bonchev–Trinajstić information content (AvgIpc) is 3.00. The van der Waals surface area contributed by atoms with Gasteiger partial charge < -0.3 is 10.6 Å². The van der Waals surface area contributed by atoms with Gasteiger partial charge in [0.1, 0.15) is 6.04 Å². The molecule has 2 aliphatic rings. The normalized spacial score (nSPS) is 30.5. The lowest BCUT2D eigenvalue weighted by Crippen LogP contribution is -2.53. The summed E-state index contributed by atoms with van der Waals surface area (Å²) in [6.45, 7) is 4.11.